The summed E-state index contributed by atoms with van der Waals surface area (Å²) >= 11 is 1.60. The Kier molecular flexibility index (Phi) is 3.57. The van der Waals surface area contributed by atoms with Crippen LogP contribution >= 0.6 is 11.3 Å². The molecule has 0 radical (unpaired) electrons. The van der Waals surface area contributed by atoms with Gasteiger partial charge in [0.2, 0.25) is 0 Å². The highest BCUT2D eigenvalue weighted by molar-refractivity contribution is 7.10. The number of thiophene rings is 1. The fourth-order valence-electron chi connectivity index (χ4n) is 1.62. The van der Waals surface area contributed by atoms with Gasteiger partial charge in [-0.3, -0.25) is 10.1 Å². The van der Waals surface area contributed by atoms with Crippen LogP contribution in [0.25, 0.3) is 11.3 Å². The van der Waals surface area contributed by atoms with Crippen molar-refractivity contribution in [2.75, 3.05) is 11.9 Å². The van der Waals surface area contributed by atoms with Crippen LogP contribution in [0.2, 0.25) is 0 Å². The zero-order valence-corrected chi connectivity index (χ0v) is 11.0. The van der Waals surface area contributed by atoms with Crippen LogP contribution < -0.4 is 5.32 Å². The van der Waals surface area contributed by atoms with Crippen LogP contribution in [-0.4, -0.2) is 16.5 Å². The molecule has 94 valence electrons. The zero-order chi connectivity index (χ0) is 13.1. The Labute approximate surface area is 109 Å². The zero-order valence-electron chi connectivity index (χ0n) is 10.1. The highest BCUT2D eigenvalue weighted by Gasteiger charge is 2.12. The Morgan fingerprint density at radius 3 is 2.78 bits per heavy atom. The van der Waals surface area contributed by atoms with Crippen molar-refractivity contribution in [3.8, 4) is 11.3 Å². The predicted molar refractivity (Wildman–Crippen MR) is 73.1 cm³/mol. The lowest BCUT2D eigenvalue weighted by Gasteiger charge is -2.04. The summed E-state index contributed by atoms with van der Waals surface area (Å²) in [7, 11) is 0. The Morgan fingerprint density at radius 1 is 1.44 bits per heavy atom. The molecule has 2 heterocycles. The monoisotopic (exact) mass is 263 g/mol. The number of nitrogens with zero attached hydrogens (tertiary/aromatic N) is 2. The molecule has 0 amide bonds. The van der Waals surface area contributed by atoms with Crippen LogP contribution in [0.4, 0.5) is 11.5 Å². The number of aromatic nitrogens is 1. The Balaban J connectivity index is 2.49. The highest BCUT2D eigenvalue weighted by atomic mass is 32.1. The molecule has 0 aromatic carbocycles. The van der Waals surface area contributed by atoms with Gasteiger partial charge in [0.15, 0.2) is 0 Å². The third-order valence-electron chi connectivity index (χ3n) is 2.41. The lowest BCUT2D eigenvalue weighted by atomic mass is 10.2. The first kappa shape index (κ1) is 12.5. The summed E-state index contributed by atoms with van der Waals surface area (Å²) in [4.78, 5) is 16.0. The first-order chi connectivity index (χ1) is 8.60. The van der Waals surface area contributed by atoms with Gasteiger partial charge in [-0.1, -0.05) is 0 Å². The lowest BCUT2D eigenvalue weighted by Crippen LogP contribution is -2.01. The largest absolute Gasteiger partial charge is 0.370 e. The average molecular weight is 263 g/mol. The van der Waals surface area contributed by atoms with E-state index < -0.39 is 4.92 Å². The second-order valence-corrected chi connectivity index (χ2v) is 4.94. The minimum atomic E-state index is -0.398. The normalized spacial score (nSPS) is 10.3. The highest BCUT2D eigenvalue weighted by Crippen LogP contribution is 2.28. The number of anilines is 1. The molecule has 0 spiro atoms. The van der Waals surface area contributed by atoms with Crippen LogP contribution in [0.3, 0.4) is 0 Å². The van der Waals surface area contributed by atoms with E-state index in [-0.39, 0.29) is 5.69 Å². The van der Waals surface area contributed by atoms with E-state index in [0.717, 1.165) is 10.4 Å². The first-order valence-corrected chi connectivity index (χ1v) is 6.44. The van der Waals surface area contributed by atoms with Gasteiger partial charge in [0, 0.05) is 28.4 Å². The third-order valence-corrected chi connectivity index (χ3v) is 3.27. The molecule has 18 heavy (non-hydrogen) atoms. The minimum absolute atomic E-state index is 0.0554. The summed E-state index contributed by atoms with van der Waals surface area (Å²) < 4.78 is 0. The molecule has 2 aromatic heterocycles. The Hall–Kier alpha value is -1.95. The van der Waals surface area contributed by atoms with Crippen molar-refractivity contribution >= 4 is 22.8 Å². The molecule has 0 saturated carbocycles. The van der Waals surface area contributed by atoms with Gasteiger partial charge in [0.1, 0.15) is 5.82 Å². The number of rotatable bonds is 4. The second-order valence-electron chi connectivity index (χ2n) is 3.83. The van der Waals surface area contributed by atoms with Gasteiger partial charge >= 0.3 is 0 Å². The minimum Gasteiger partial charge on any atom is -0.370 e. The molecule has 6 heteroatoms. The summed E-state index contributed by atoms with van der Waals surface area (Å²) in [6, 6.07) is 4.93. The van der Waals surface area contributed by atoms with Crippen LogP contribution in [-0.2, 0) is 0 Å². The average Bonchev–Trinajstić information content (AvgIpc) is 2.76. The van der Waals surface area contributed by atoms with Crippen molar-refractivity contribution in [1.82, 2.24) is 4.98 Å². The van der Waals surface area contributed by atoms with Crippen LogP contribution in [0.5, 0.6) is 0 Å². The summed E-state index contributed by atoms with van der Waals surface area (Å²) in [6.07, 6.45) is 0. The van der Waals surface area contributed by atoms with Crippen molar-refractivity contribution in [3.63, 3.8) is 0 Å². The number of aryl methyl sites for hydroxylation is 1. The molecule has 0 saturated heterocycles. The summed E-state index contributed by atoms with van der Waals surface area (Å²) in [6.45, 7) is 4.60. The molecule has 0 fully saturated rings. The van der Waals surface area contributed by atoms with Crippen LogP contribution in [0, 0.1) is 17.0 Å². The van der Waals surface area contributed by atoms with E-state index >= 15 is 0 Å². The molecule has 0 aliphatic carbocycles. The smallest absolute Gasteiger partial charge is 0.275 e. The van der Waals surface area contributed by atoms with E-state index in [9.17, 15) is 10.1 Å². The van der Waals surface area contributed by atoms with Gasteiger partial charge < -0.3 is 5.32 Å². The standard InChI is InChI=1S/C12H13N3O2S/c1-3-13-12-6-10(15(16)17)5-11(14-12)9-4-8(2)18-7-9/h4-7H,3H2,1-2H3,(H,13,14). The molecule has 0 bridgehead atoms. The van der Waals surface area contributed by atoms with E-state index in [1.54, 1.807) is 11.3 Å². The van der Waals surface area contributed by atoms with Crippen molar-refractivity contribution in [2.45, 2.75) is 13.8 Å². The van der Waals surface area contributed by atoms with E-state index in [2.05, 4.69) is 10.3 Å². The van der Waals surface area contributed by atoms with Gasteiger partial charge in [-0.25, -0.2) is 4.98 Å². The van der Waals surface area contributed by atoms with E-state index in [0.29, 0.717) is 18.1 Å². The molecule has 0 aliphatic rings. The molecule has 2 rings (SSSR count). The van der Waals surface area contributed by atoms with E-state index in [1.807, 2.05) is 25.3 Å². The van der Waals surface area contributed by atoms with Gasteiger partial charge in [-0.15, -0.1) is 11.3 Å². The summed E-state index contributed by atoms with van der Waals surface area (Å²) in [5, 5.41) is 15.9. The SMILES string of the molecule is CCNc1cc([N+](=O)[O-])cc(-c2csc(C)c2)n1. The van der Waals surface area contributed by atoms with Crippen LogP contribution in [0.1, 0.15) is 11.8 Å². The van der Waals surface area contributed by atoms with Gasteiger partial charge in [0.25, 0.3) is 5.69 Å². The summed E-state index contributed by atoms with van der Waals surface area (Å²) in [5.41, 5.74) is 1.60. The van der Waals surface area contributed by atoms with Crippen molar-refractivity contribution in [3.05, 3.63) is 38.6 Å². The molecular formula is C12H13N3O2S. The topological polar surface area (TPSA) is 68.1 Å². The quantitative estimate of drug-likeness (QED) is 0.677. The fraction of sp³-hybridized carbons (Fsp3) is 0.250. The third kappa shape index (κ3) is 2.65. The lowest BCUT2D eigenvalue weighted by molar-refractivity contribution is -0.384. The molecular weight excluding hydrogens is 250 g/mol. The number of nitrogens with one attached hydrogen (secondary N) is 1. The molecule has 2 aromatic rings. The van der Waals surface area contributed by atoms with Crippen LogP contribution in [0.15, 0.2) is 23.6 Å². The predicted octanol–water partition coefficient (Wildman–Crippen LogP) is 3.46. The number of hydrogen-bond donors (Lipinski definition) is 1. The maximum Gasteiger partial charge on any atom is 0.275 e. The molecule has 1 N–H and O–H groups in total. The molecule has 0 atom stereocenters. The Bertz CT molecular complexity index is 580. The number of hydrogen-bond acceptors (Lipinski definition) is 5. The van der Waals surface area contributed by atoms with Crippen molar-refractivity contribution < 1.29 is 4.92 Å². The Morgan fingerprint density at radius 2 is 2.22 bits per heavy atom. The van der Waals surface area contributed by atoms with Gasteiger partial charge in [-0.05, 0) is 19.9 Å². The van der Waals surface area contributed by atoms with E-state index in [4.69, 9.17) is 0 Å². The van der Waals surface area contributed by atoms with Gasteiger partial charge in [-0.2, -0.15) is 0 Å². The van der Waals surface area contributed by atoms with Crippen molar-refractivity contribution in [1.29, 1.82) is 0 Å². The first-order valence-electron chi connectivity index (χ1n) is 5.56. The maximum absolute atomic E-state index is 10.9. The summed E-state index contributed by atoms with van der Waals surface area (Å²) in [5.74, 6) is 0.533. The molecule has 0 aliphatic heterocycles. The molecule has 0 unspecified atom stereocenters. The maximum atomic E-state index is 10.9. The number of pyridine rings is 1. The number of nitro groups is 1. The fourth-order valence-corrected chi connectivity index (χ4v) is 2.32. The van der Waals surface area contributed by atoms with Gasteiger partial charge in [0.05, 0.1) is 16.7 Å². The molecule has 5 nitrogen and oxygen atoms in total. The van der Waals surface area contributed by atoms with E-state index in [1.165, 1.54) is 12.1 Å². The van der Waals surface area contributed by atoms with Crippen molar-refractivity contribution in [2.24, 2.45) is 0 Å². The second kappa shape index (κ2) is 5.14.